The van der Waals surface area contributed by atoms with Crippen LogP contribution in [0.25, 0.3) is 5.69 Å². The number of hydrogen-bond donors (Lipinski definition) is 1. The third-order valence-corrected chi connectivity index (χ3v) is 3.52. The van der Waals surface area contributed by atoms with Gasteiger partial charge in [0, 0.05) is 5.25 Å². The van der Waals surface area contributed by atoms with E-state index in [0.717, 1.165) is 16.4 Å². The molecular weight excluding hydrogens is 230 g/mol. The molecular formula is C13H17N3S. The number of rotatable bonds is 3. The van der Waals surface area contributed by atoms with Crippen LogP contribution in [-0.2, 0) is 0 Å². The number of benzene rings is 1. The van der Waals surface area contributed by atoms with Crippen LogP contribution in [0.5, 0.6) is 0 Å². The number of para-hydroxylation sites is 1. The summed E-state index contributed by atoms with van der Waals surface area (Å²) in [6, 6.07) is 8.11. The van der Waals surface area contributed by atoms with Crippen LogP contribution < -0.4 is 5.73 Å². The van der Waals surface area contributed by atoms with Crippen LogP contribution in [0, 0.1) is 6.92 Å². The summed E-state index contributed by atoms with van der Waals surface area (Å²) in [6.45, 7) is 6.36. The van der Waals surface area contributed by atoms with Gasteiger partial charge in [0.2, 0.25) is 0 Å². The highest BCUT2D eigenvalue weighted by molar-refractivity contribution is 8.00. The SMILES string of the molecule is Cc1ccccc1-n1ncc(SC(C)C)c1N. The predicted octanol–water partition coefficient (Wildman–Crippen LogP) is 3.26. The molecule has 4 heteroatoms. The van der Waals surface area contributed by atoms with Crippen molar-refractivity contribution in [2.75, 3.05) is 5.73 Å². The quantitative estimate of drug-likeness (QED) is 0.847. The van der Waals surface area contributed by atoms with Gasteiger partial charge in [0.05, 0.1) is 16.8 Å². The van der Waals surface area contributed by atoms with E-state index < -0.39 is 0 Å². The van der Waals surface area contributed by atoms with Gasteiger partial charge in [-0.25, -0.2) is 4.68 Å². The first kappa shape index (κ1) is 12.0. The van der Waals surface area contributed by atoms with E-state index in [1.54, 1.807) is 16.4 Å². The van der Waals surface area contributed by atoms with E-state index in [1.807, 2.05) is 24.4 Å². The maximum Gasteiger partial charge on any atom is 0.140 e. The molecule has 0 unspecified atom stereocenters. The van der Waals surface area contributed by atoms with Crippen LogP contribution in [0.15, 0.2) is 35.4 Å². The monoisotopic (exact) mass is 247 g/mol. The first-order valence-electron chi connectivity index (χ1n) is 5.65. The number of aryl methyl sites for hydroxylation is 1. The largest absolute Gasteiger partial charge is 0.383 e. The number of nitrogens with zero attached hydrogens (tertiary/aromatic N) is 2. The van der Waals surface area contributed by atoms with Crippen LogP contribution >= 0.6 is 11.8 Å². The number of hydrogen-bond acceptors (Lipinski definition) is 3. The number of nitrogen functional groups attached to an aromatic ring is 1. The molecule has 1 aromatic heterocycles. The van der Waals surface area contributed by atoms with E-state index in [0.29, 0.717) is 5.25 Å². The summed E-state index contributed by atoms with van der Waals surface area (Å²) < 4.78 is 1.81. The molecule has 2 rings (SSSR count). The van der Waals surface area contributed by atoms with Crippen molar-refractivity contribution in [1.82, 2.24) is 9.78 Å². The van der Waals surface area contributed by atoms with E-state index in [2.05, 4.69) is 31.9 Å². The summed E-state index contributed by atoms with van der Waals surface area (Å²) in [5.41, 5.74) is 8.34. The first-order valence-corrected chi connectivity index (χ1v) is 6.53. The van der Waals surface area contributed by atoms with Crippen LogP contribution in [0.2, 0.25) is 0 Å². The van der Waals surface area contributed by atoms with E-state index >= 15 is 0 Å². The van der Waals surface area contributed by atoms with Crippen molar-refractivity contribution in [2.45, 2.75) is 30.9 Å². The molecule has 0 spiro atoms. The van der Waals surface area contributed by atoms with Crippen molar-refractivity contribution < 1.29 is 0 Å². The predicted molar refractivity (Wildman–Crippen MR) is 73.7 cm³/mol. The van der Waals surface area contributed by atoms with Crippen LogP contribution in [0.4, 0.5) is 5.82 Å². The van der Waals surface area contributed by atoms with Gasteiger partial charge in [-0.2, -0.15) is 5.10 Å². The molecule has 1 aromatic carbocycles. The van der Waals surface area contributed by atoms with Gasteiger partial charge in [-0.3, -0.25) is 0 Å². The zero-order valence-electron chi connectivity index (χ0n) is 10.3. The van der Waals surface area contributed by atoms with E-state index in [1.165, 1.54) is 5.56 Å². The average Bonchev–Trinajstić information content (AvgIpc) is 2.61. The Labute approximate surface area is 106 Å². The lowest BCUT2D eigenvalue weighted by Gasteiger charge is -2.08. The van der Waals surface area contributed by atoms with E-state index in [4.69, 9.17) is 5.73 Å². The van der Waals surface area contributed by atoms with Gasteiger partial charge < -0.3 is 5.73 Å². The fraction of sp³-hybridized carbons (Fsp3) is 0.308. The molecule has 2 aromatic rings. The van der Waals surface area contributed by atoms with Crippen molar-refractivity contribution in [3.8, 4) is 5.69 Å². The smallest absolute Gasteiger partial charge is 0.140 e. The Morgan fingerprint density at radius 3 is 2.65 bits per heavy atom. The number of thioether (sulfide) groups is 1. The number of aromatic nitrogens is 2. The molecule has 0 atom stereocenters. The van der Waals surface area contributed by atoms with Gasteiger partial charge in [-0.05, 0) is 18.6 Å². The summed E-state index contributed by atoms with van der Waals surface area (Å²) in [4.78, 5) is 1.04. The Morgan fingerprint density at radius 1 is 1.29 bits per heavy atom. The minimum atomic E-state index is 0.506. The Kier molecular flexibility index (Phi) is 3.43. The van der Waals surface area contributed by atoms with Gasteiger partial charge in [-0.15, -0.1) is 11.8 Å². The lowest BCUT2D eigenvalue weighted by molar-refractivity contribution is 0.883. The van der Waals surface area contributed by atoms with Crippen LogP contribution in [0.3, 0.4) is 0 Å². The normalized spacial score (nSPS) is 11.1. The molecule has 0 bridgehead atoms. The second kappa shape index (κ2) is 4.84. The molecule has 0 aliphatic heterocycles. The minimum Gasteiger partial charge on any atom is -0.383 e. The standard InChI is InChI=1S/C13H17N3S/c1-9(2)17-12-8-15-16(13(12)14)11-7-5-4-6-10(11)3/h4-9H,14H2,1-3H3. The second-order valence-electron chi connectivity index (χ2n) is 4.26. The summed E-state index contributed by atoms with van der Waals surface area (Å²) in [5.74, 6) is 0.720. The first-order chi connectivity index (χ1) is 8.09. The highest BCUT2D eigenvalue weighted by Gasteiger charge is 2.11. The molecule has 0 fully saturated rings. The fourth-order valence-electron chi connectivity index (χ4n) is 1.68. The topological polar surface area (TPSA) is 43.8 Å². The lowest BCUT2D eigenvalue weighted by Crippen LogP contribution is -2.04. The summed E-state index contributed by atoms with van der Waals surface area (Å²) in [5, 5.41) is 4.88. The van der Waals surface area contributed by atoms with Crippen molar-refractivity contribution in [1.29, 1.82) is 0 Å². The van der Waals surface area contributed by atoms with Crippen molar-refractivity contribution in [2.24, 2.45) is 0 Å². The molecule has 1 heterocycles. The number of anilines is 1. The van der Waals surface area contributed by atoms with Gasteiger partial charge in [0.1, 0.15) is 5.82 Å². The van der Waals surface area contributed by atoms with Crippen LogP contribution in [-0.4, -0.2) is 15.0 Å². The molecule has 0 amide bonds. The molecule has 17 heavy (non-hydrogen) atoms. The zero-order chi connectivity index (χ0) is 12.4. The van der Waals surface area contributed by atoms with Crippen LogP contribution in [0.1, 0.15) is 19.4 Å². The average molecular weight is 247 g/mol. The summed E-state index contributed by atoms with van der Waals surface area (Å²) >= 11 is 1.74. The molecule has 0 radical (unpaired) electrons. The van der Waals surface area contributed by atoms with E-state index in [9.17, 15) is 0 Å². The van der Waals surface area contributed by atoms with Gasteiger partial charge in [-0.1, -0.05) is 32.0 Å². The molecule has 0 saturated carbocycles. The molecule has 0 aliphatic carbocycles. The van der Waals surface area contributed by atoms with Gasteiger partial charge in [0.15, 0.2) is 0 Å². The highest BCUT2D eigenvalue weighted by atomic mass is 32.2. The Balaban J connectivity index is 2.41. The zero-order valence-corrected chi connectivity index (χ0v) is 11.2. The number of nitrogens with two attached hydrogens (primary N) is 1. The molecule has 2 N–H and O–H groups in total. The third-order valence-electron chi connectivity index (χ3n) is 2.48. The Morgan fingerprint density at radius 2 is 2.00 bits per heavy atom. The third kappa shape index (κ3) is 2.47. The molecule has 90 valence electrons. The fourth-order valence-corrected chi connectivity index (χ4v) is 2.50. The molecule has 0 saturated heterocycles. The minimum absolute atomic E-state index is 0.506. The highest BCUT2D eigenvalue weighted by Crippen LogP contribution is 2.30. The lowest BCUT2D eigenvalue weighted by atomic mass is 10.2. The van der Waals surface area contributed by atoms with Gasteiger partial charge in [0.25, 0.3) is 0 Å². The van der Waals surface area contributed by atoms with Gasteiger partial charge >= 0.3 is 0 Å². The second-order valence-corrected chi connectivity index (χ2v) is 5.88. The molecule has 0 aliphatic rings. The van der Waals surface area contributed by atoms with Crippen molar-refractivity contribution in [3.05, 3.63) is 36.0 Å². The maximum atomic E-state index is 6.13. The molecule has 3 nitrogen and oxygen atoms in total. The Bertz CT molecular complexity index is 517. The van der Waals surface area contributed by atoms with Crippen molar-refractivity contribution in [3.63, 3.8) is 0 Å². The van der Waals surface area contributed by atoms with E-state index in [-0.39, 0.29) is 0 Å². The summed E-state index contributed by atoms with van der Waals surface area (Å²) in [6.07, 6.45) is 1.84. The van der Waals surface area contributed by atoms with Crippen molar-refractivity contribution >= 4 is 17.6 Å². The summed E-state index contributed by atoms with van der Waals surface area (Å²) in [7, 11) is 0. The maximum absolute atomic E-state index is 6.13. The Hall–Kier alpha value is -1.42.